The summed E-state index contributed by atoms with van der Waals surface area (Å²) < 4.78 is 5.81. The second-order valence-corrected chi connectivity index (χ2v) is 3.92. The van der Waals surface area contributed by atoms with E-state index in [0.717, 1.165) is 16.9 Å². The normalized spacial score (nSPS) is 12.1. The van der Waals surface area contributed by atoms with E-state index >= 15 is 0 Å². The van der Waals surface area contributed by atoms with Gasteiger partial charge in [-0.15, -0.1) is 0 Å². The minimum Gasteiger partial charge on any atom is -0.484 e. The standard InChI is InChI=1S/C14H16N2O2/c15-9-14(12-5-7-16-8-6-12)18-13-3-1-11(10-17)2-4-13/h1-8,14,17H,9-10,15H2. The molecule has 0 saturated heterocycles. The third kappa shape index (κ3) is 3.06. The monoisotopic (exact) mass is 244 g/mol. The van der Waals surface area contributed by atoms with Crippen LogP contribution in [0.1, 0.15) is 17.2 Å². The number of benzene rings is 1. The van der Waals surface area contributed by atoms with E-state index in [0.29, 0.717) is 6.54 Å². The van der Waals surface area contributed by atoms with Crippen molar-refractivity contribution < 1.29 is 9.84 Å². The summed E-state index contributed by atoms with van der Waals surface area (Å²) in [4.78, 5) is 3.97. The Kier molecular flexibility index (Phi) is 4.28. The van der Waals surface area contributed by atoms with E-state index in [2.05, 4.69) is 4.98 Å². The SMILES string of the molecule is NCC(Oc1ccc(CO)cc1)c1ccncc1. The molecule has 1 atom stereocenters. The van der Waals surface area contributed by atoms with Crippen LogP contribution in [0.3, 0.4) is 0 Å². The van der Waals surface area contributed by atoms with Crippen molar-refractivity contribution in [1.82, 2.24) is 4.98 Å². The summed E-state index contributed by atoms with van der Waals surface area (Å²) in [5, 5.41) is 8.97. The van der Waals surface area contributed by atoms with Gasteiger partial charge in [-0.2, -0.15) is 0 Å². The zero-order valence-corrected chi connectivity index (χ0v) is 9.99. The number of nitrogens with two attached hydrogens (primary N) is 1. The van der Waals surface area contributed by atoms with Crippen LogP contribution in [0.2, 0.25) is 0 Å². The molecule has 0 fully saturated rings. The maximum Gasteiger partial charge on any atom is 0.136 e. The van der Waals surface area contributed by atoms with E-state index in [4.69, 9.17) is 15.6 Å². The molecule has 3 N–H and O–H groups in total. The van der Waals surface area contributed by atoms with E-state index < -0.39 is 0 Å². The molecule has 1 aromatic heterocycles. The molecule has 4 nitrogen and oxygen atoms in total. The van der Waals surface area contributed by atoms with Crippen molar-refractivity contribution in [2.45, 2.75) is 12.7 Å². The Bertz CT molecular complexity index is 471. The van der Waals surface area contributed by atoms with Crippen molar-refractivity contribution in [3.05, 3.63) is 59.9 Å². The van der Waals surface area contributed by atoms with Gasteiger partial charge < -0.3 is 15.6 Å². The average Bonchev–Trinajstić information content (AvgIpc) is 2.46. The van der Waals surface area contributed by atoms with Crippen LogP contribution in [0.15, 0.2) is 48.8 Å². The van der Waals surface area contributed by atoms with Crippen LogP contribution in [0.4, 0.5) is 0 Å². The van der Waals surface area contributed by atoms with E-state index in [1.807, 2.05) is 36.4 Å². The quantitative estimate of drug-likeness (QED) is 0.839. The molecule has 0 saturated carbocycles. The highest BCUT2D eigenvalue weighted by Gasteiger charge is 2.10. The van der Waals surface area contributed by atoms with Crippen molar-refractivity contribution in [1.29, 1.82) is 0 Å². The number of ether oxygens (including phenoxy) is 1. The molecule has 0 aliphatic carbocycles. The second kappa shape index (κ2) is 6.14. The van der Waals surface area contributed by atoms with Crippen LogP contribution < -0.4 is 10.5 Å². The summed E-state index contributed by atoms with van der Waals surface area (Å²) in [6.07, 6.45) is 3.25. The van der Waals surface area contributed by atoms with Crippen molar-refractivity contribution in [2.75, 3.05) is 6.54 Å². The fraction of sp³-hybridized carbons (Fsp3) is 0.214. The molecule has 2 aromatic rings. The lowest BCUT2D eigenvalue weighted by Gasteiger charge is -2.17. The van der Waals surface area contributed by atoms with Gasteiger partial charge in [0.05, 0.1) is 6.61 Å². The van der Waals surface area contributed by atoms with Gasteiger partial charge >= 0.3 is 0 Å². The highest BCUT2D eigenvalue weighted by atomic mass is 16.5. The largest absolute Gasteiger partial charge is 0.484 e. The van der Waals surface area contributed by atoms with Crippen LogP contribution in [0.25, 0.3) is 0 Å². The molecule has 0 radical (unpaired) electrons. The Morgan fingerprint density at radius 1 is 1.11 bits per heavy atom. The molecular weight excluding hydrogens is 228 g/mol. The molecule has 18 heavy (non-hydrogen) atoms. The number of nitrogens with zero attached hydrogens (tertiary/aromatic N) is 1. The molecule has 0 spiro atoms. The van der Waals surface area contributed by atoms with Crippen molar-refractivity contribution in [3.63, 3.8) is 0 Å². The summed E-state index contributed by atoms with van der Waals surface area (Å²) in [6.45, 7) is 0.427. The lowest BCUT2D eigenvalue weighted by molar-refractivity contribution is 0.214. The first-order valence-corrected chi connectivity index (χ1v) is 5.80. The van der Waals surface area contributed by atoms with Crippen molar-refractivity contribution in [3.8, 4) is 5.75 Å². The molecule has 94 valence electrons. The fourth-order valence-electron chi connectivity index (χ4n) is 1.67. The van der Waals surface area contributed by atoms with Crippen LogP contribution in [0.5, 0.6) is 5.75 Å². The van der Waals surface area contributed by atoms with Gasteiger partial charge in [0.15, 0.2) is 0 Å². The smallest absolute Gasteiger partial charge is 0.136 e. The molecule has 1 aromatic carbocycles. The van der Waals surface area contributed by atoms with Gasteiger partial charge in [0.2, 0.25) is 0 Å². The summed E-state index contributed by atoms with van der Waals surface area (Å²) >= 11 is 0. The first kappa shape index (κ1) is 12.5. The van der Waals surface area contributed by atoms with E-state index in [1.54, 1.807) is 12.4 Å². The number of aromatic nitrogens is 1. The minimum absolute atomic E-state index is 0.0327. The molecule has 1 unspecified atom stereocenters. The molecule has 1 heterocycles. The average molecular weight is 244 g/mol. The predicted octanol–water partition coefficient (Wildman–Crippen LogP) is 1.65. The number of aliphatic hydroxyl groups is 1. The van der Waals surface area contributed by atoms with Crippen LogP contribution in [-0.4, -0.2) is 16.6 Å². The third-order valence-corrected chi connectivity index (χ3v) is 2.68. The summed E-state index contributed by atoms with van der Waals surface area (Å²) in [6, 6.07) is 11.1. The Morgan fingerprint density at radius 3 is 2.33 bits per heavy atom. The number of pyridine rings is 1. The lowest BCUT2D eigenvalue weighted by Crippen LogP contribution is -2.18. The van der Waals surface area contributed by atoms with Gasteiger partial charge in [-0.05, 0) is 35.4 Å². The highest BCUT2D eigenvalue weighted by Crippen LogP contribution is 2.21. The zero-order valence-electron chi connectivity index (χ0n) is 9.99. The molecule has 0 amide bonds. The molecule has 0 aliphatic rings. The van der Waals surface area contributed by atoms with Gasteiger partial charge in [0.1, 0.15) is 11.9 Å². The van der Waals surface area contributed by atoms with Gasteiger partial charge in [-0.25, -0.2) is 0 Å². The third-order valence-electron chi connectivity index (χ3n) is 2.68. The van der Waals surface area contributed by atoms with Crippen LogP contribution in [-0.2, 0) is 6.61 Å². The van der Waals surface area contributed by atoms with Gasteiger partial charge in [-0.1, -0.05) is 12.1 Å². The summed E-state index contributed by atoms with van der Waals surface area (Å²) in [5.74, 6) is 0.736. The molecule has 0 bridgehead atoms. The molecule has 4 heteroatoms. The predicted molar refractivity (Wildman–Crippen MR) is 69.0 cm³/mol. The van der Waals surface area contributed by atoms with Gasteiger partial charge in [-0.3, -0.25) is 4.98 Å². The van der Waals surface area contributed by atoms with Gasteiger partial charge in [0, 0.05) is 18.9 Å². The number of rotatable bonds is 5. The Labute approximate surface area is 106 Å². The topological polar surface area (TPSA) is 68.4 Å². The van der Waals surface area contributed by atoms with Crippen LogP contribution >= 0.6 is 0 Å². The summed E-state index contributed by atoms with van der Waals surface area (Å²) in [5.41, 5.74) is 7.58. The number of aliphatic hydroxyl groups excluding tert-OH is 1. The lowest BCUT2D eigenvalue weighted by atomic mass is 10.1. The maximum absolute atomic E-state index is 8.97. The highest BCUT2D eigenvalue weighted by molar-refractivity contribution is 5.28. The Balaban J connectivity index is 2.10. The number of hydrogen-bond donors (Lipinski definition) is 2. The second-order valence-electron chi connectivity index (χ2n) is 3.92. The van der Waals surface area contributed by atoms with Crippen molar-refractivity contribution >= 4 is 0 Å². The number of hydrogen-bond acceptors (Lipinski definition) is 4. The molecule has 0 aliphatic heterocycles. The Hall–Kier alpha value is -1.91. The zero-order chi connectivity index (χ0) is 12.8. The van der Waals surface area contributed by atoms with E-state index in [-0.39, 0.29) is 12.7 Å². The minimum atomic E-state index is -0.187. The fourth-order valence-corrected chi connectivity index (χ4v) is 1.67. The first-order chi connectivity index (χ1) is 8.83. The van der Waals surface area contributed by atoms with E-state index in [1.165, 1.54) is 0 Å². The van der Waals surface area contributed by atoms with Crippen molar-refractivity contribution in [2.24, 2.45) is 5.73 Å². The maximum atomic E-state index is 8.97. The molecular formula is C14H16N2O2. The van der Waals surface area contributed by atoms with Gasteiger partial charge in [0.25, 0.3) is 0 Å². The first-order valence-electron chi connectivity index (χ1n) is 5.80. The summed E-state index contributed by atoms with van der Waals surface area (Å²) in [7, 11) is 0. The molecule has 2 rings (SSSR count). The van der Waals surface area contributed by atoms with Crippen LogP contribution in [0, 0.1) is 0 Å². The van der Waals surface area contributed by atoms with E-state index in [9.17, 15) is 0 Å². The Morgan fingerprint density at radius 2 is 1.78 bits per heavy atom.